The van der Waals surface area contributed by atoms with Gasteiger partial charge in [0.05, 0.1) is 6.21 Å². The first kappa shape index (κ1) is 10.0. The molecule has 0 spiro atoms. The van der Waals surface area contributed by atoms with E-state index in [2.05, 4.69) is 15.3 Å². The van der Waals surface area contributed by atoms with Crippen LogP contribution in [0.3, 0.4) is 0 Å². The minimum absolute atomic E-state index is 0.267. The molecule has 1 N–H and O–H groups in total. The highest BCUT2D eigenvalue weighted by Crippen LogP contribution is 2.31. The van der Waals surface area contributed by atoms with Crippen molar-refractivity contribution in [1.82, 2.24) is 14.9 Å². The van der Waals surface area contributed by atoms with Gasteiger partial charge in [-0.05, 0) is 36.0 Å². The second-order valence-corrected chi connectivity index (χ2v) is 3.75. The Kier molecular flexibility index (Phi) is 2.37. The quantitative estimate of drug-likeness (QED) is 0.647. The Balaban J connectivity index is 1.89. The van der Waals surface area contributed by atoms with Crippen LogP contribution < -0.4 is 9.47 Å². The molecule has 3 rings (SSSR count). The van der Waals surface area contributed by atoms with E-state index in [0.717, 1.165) is 17.1 Å². The highest BCUT2D eigenvalue weighted by Gasteiger charge is 2.12. The minimum atomic E-state index is 0.267. The van der Waals surface area contributed by atoms with Crippen molar-refractivity contribution >= 4 is 18.4 Å². The maximum absolute atomic E-state index is 5.27. The third-order valence-corrected chi connectivity index (χ3v) is 2.54. The molecule has 0 fully saturated rings. The minimum Gasteiger partial charge on any atom is -0.454 e. The summed E-state index contributed by atoms with van der Waals surface area (Å²) in [5.41, 5.74) is 0.900. The monoisotopic (exact) mass is 248 g/mol. The predicted octanol–water partition coefficient (Wildman–Crippen LogP) is 1.55. The van der Waals surface area contributed by atoms with Crippen molar-refractivity contribution in [2.45, 2.75) is 0 Å². The Bertz CT molecular complexity index is 631. The molecular formula is C10H8N4O2S. The van der Waals surface area contributed by atoms with Gasteiger partial charge < -0.3 is 9.47 Å². The zero-order valence-corrected chi connectivity index (χ0v) is 9.48. The van der Waals surface area contributed by atoms with Crippen LogP contribution in [0.5, 0.6) is 11.5 Å². The van der Waals surface area contributed by atoms with Crippen LogP contribution in [0.2, 0.25) is 0 Å². The summed E-state index contributed by atoms with van der Waals surface area (Å²) in [6.45, 7) is 0.267. The van der Waals surface area contributed by atoms with Gasteiger partial charge >= 0.3 is 0 Å². The van der Waals surface area contributed by atoms with Crippen molar-refractivity contribution < 1.29 is 9.47 Å². The van der Waals surface area contributed by atoms with Gasteiger partial charge in [-0.1, -0.05) is 0 Å². The third kappa shape index (κ3) is 1.92. The van der Waals surface area contributed by atoms with Gasteiger partial charge in [-0.15, -0.1) is 0 Å². The lowest BCUT2D eigenvalue weighted by atomic mass is 10.2. The summed E-state index contributed by atoms with van der Waals surface area (Å²) >= 11 is 4.97. The summed E-state index contributed by atoms with van der Waals surface area (Å²) in [5, 5.41) is 10.5. The zero-order valence-electron chi connectivity index (χ0n) is 8.66. The Morgan fingerprint density at radius 3 is 3.12 bits per heavy atom. The number of fused-ring (bicyclic) bond motifs is 1. The van der Waals surface area contributed by atoms with E-state index < -0.39 is 0 Å². The molecule has 0 atom stereocenters. The van der Waals surface area contributed by atoms with E-state index in [0.29, 0.717) is 4.77 Å². The molecule has 1 aromatic carbocycles. The average molecular weight is 248 g/mol. The van der Waals surface area contributed by atoms with E-state index in [-0.39, 0.29) is 6.79 Å². The molecule has 86 valence electrons. The van der Waals surface area contributed by atoms with Gasteiger partial charge in [0.2, 0.25) is 11.6 Å². The van der Waals surface area contributed by atoms with Gasteiger partial charge in [0.15, 0.2) is 11.5 Å². The molecule has 2 heterocycles. The smallest absolute Gasteiger partial charge is 0.231 e. The first-order chi connectivity index (χ1) is 8.33. The molecule has 0 unspecified atom stereocenters. The first-order valence-electron chi connectivity index (χ1n) is 4.89. The largest absolute Gasteiger partial charge is 0.454 e. The first-order valence-corrected chi connectivity index (χ1v) is 5.30. The van der Waals surface area contributed by atoms with E-state index in [1.165, 1.54) is 11.0 Å². The number of hydrogen-bond acceptors (Lipinski definition) is 5. The maximum Gasteiger partial charge on any atom is 0.231 e. The SMILES string of the molecule is S=c1[nH]ncn1/N=C/c1ccc2c(c1)OCO2. The van der Waals surface area contributed by atoms with E-state index >= 15 is 0 Å². The van der Waals surface area contributed by atoms with Crippen LogP contribution in [-0.2, 0) is 0 Å². The van der Waals surface area contributed by atoms with Gasteiger partial charge in [-0.3, -0.25) is 5.10 Å². The van der Waals surface area contributed by atoms with Gasteiger partial charge in [-0.2, -0.15) is 14.9 Å². The highest BCUT2D eigenvalue weighted by atomic mass is 32.1. The number of nitrogens with one attached hydrogen (secondary N) is 1. The lowest BCUT2D eigenvalue weighted by molar-refractivity contribution is 0.174. The van der Waals surface area contributed by atoms with Crippen LogP contribution in [0, 0.1) is 4.77 Å². The van der Waals surface area contributed by atoms with E-state index in [9.17, 15) is 0 Å². The molecule has 6 nitrogen and oxygen atoms in total. The Labute approximate surface area is 101 Å². The number of aromatic nitrogens is 3. The van der Waals surface area contributed by atoms with Gasteiger partial charge in [-0.25, -0.2) is 0 Å². The number of benzene rings is 1. The third-order valence-electron chi connectivity index (χ3n) is 2.26. The summed E-state index contributed by atoms with van der Waals surface area (Å²) in [6, 6.07) is 5.59. The summed E-state index contributed by atoms with van der Waals surface area (Å²) < 4.78 is 12.4. The van der Waals surface area contributed by atoms with Crippen molar-refractivity contribution in [3.05, 3.63) is 34.9 Å². The van der Waals surface area contributed by atoms with E-state index in [1.54, 1.807) is 6.21 Å². The molecule has 0 amide bonds. The zero-order chi connectivity index (χ0) is 11.7. The topological polar surface area (TPSA) is 64.4 Å². The molecule has 1 aromatic heterocycles. The molecule has 0 aliphatic carbocycles. The molecule has 0 saturated heterocycles. The van der Waals surface area contributed by atoms with Crippen LogP contribution in [-0.4, -0.2) is 27.9 Å². The second kappa shape index (κ2) is 4.02. The molecule has 7 heteroatoms. The van der Waals surface area contributed by atoms with Crippen LogP contribution >= 0.6 is 12.2 Å². The number of rotatable bonds is 2. The molecule has 1 aliphatic rings. The van der Waals surface area contributed by atoms with Crippen molar-refractivity contribution in [2.24, 2.45) is 5.10 Å². The molecule has 2 aromatic rings. The second-order valence-electron chi connectivity index (χ2n) is 3.36. The average Bonchev–Trinajstić information content (AvgIpc) is 2.94. The number of H-pyrrole nitrogens is 1. The maximum atomic E-state index is 5.27. The van der Waals surface area contributed by atoms with Crippen molar-refractivity contribution in [3.63, 3.8) is 0 Å². The molecule has 0 saturated carbocycles. The van der Waals surface area contributed by atoms with E-state index in [1.807, 2.05) is 18.2 Å². The summed E-state index contributed by atoms with van der Waals surface area (Å²) in [6.07, 6.45) is 3.18. The molecular weight excluding hydrogens is 240 g/mol. The van der Waals surface area contributed by atoms with Crippen LogP contribution in [0.4, 0.5) is 0 Å². The van der Waals surface area contributed by atoms with Crippen LogP contribution in [0.1, 0.15) is 5.56 Å². The Morgan fingerprint density at radius 1 is 1.41 bits per heavy atom. The molecule has 1 aliphatic heterocycles. The Hall–Kier alpha value is -2.15. The summed E-state index contributed by atoms with van der Waals surface area (Å²) in [7, 11) is 0. The molecule has 17 heavy (non-hydrogen) atoms. The van der Waals surface area contributed by atoms with Crippen LogP contribution in [0.15, 0.2) is 29.6 Å². The van der Waals surface area contributed by atoms with Gasteiger partial charge in [0.25, 0.3) is 0 Å². The van der Waals surface area contributed by atoms with Gasteiger partial charge in [0.1, 0.15) is 6.33 Å². The van der Waals surface area contributed by atoms with Crippen molar-refractivity contribution in [1.29, 1.82) is 0 Å². The number of hydrogen-bond donors (Lipinski definition) is 1. The lowest BCUT2D eigenvalue weighted by Crippen LogP contribution is -1.93. The fourth-order valence-corrected chi connectivity index (χ4v) is 1.59. The summed E-state index contributed by atoms with van der Waals surface area (Å²) in [5.74, 6) is 1.48. The highest BCUT2D eigenvalue weighted by molar-refractivity contribution is 7.71. The summed E-state index contributed by atoms with van der Waals surface area (Å²) in [4.78, 5) is 0. The Morgan fingerprint density at radius 2 is 2.29 bits per heavy atom. The fourth-order valence-electron chi connectivity index (χ4n) is 1.45. The lowest BCUT2D eigenvalue weighted by Gasteiger charge is -1.97. The van der Waals surface area contributed by atoms with E-state index in [4.69, 9.17) is 21.7 Å². The molecule has 0 bridgehead atoms. The molecule has 0 radical (unpaired) electrons. The standard InChI is InChI=1S/C10H8N4O2S/c17-10-13-11-5-14(10)12-4-7-1-2-8-9(3-7)16-6-15-8/h1-5H,6H2,(H,13,17)/b12-4+. The fraction of sp³-hybridized carbons (Fsp3) is 0.100. The number of aromatic amines is 1. The normalized spacial score (nSPS) is 13.4. The number of nitrogens with zero attached hydrogens (tertiary/aromatic N) is 3. The van der Waals surface area contributed by atoms with Gasteiger partial charge in [0, 0.05) is 0 Å². The number of ether oxygens (including phenoxy) is 2. The van der Waals surface area contributed by atoms with Crippen molar-refractivity contribution in [2.75, 3.05) is 6.79 Å². The predicted molar refractivity (Wildman–Crippen MR) is 63.0 cm³/mol. The van der Waals surface area contributed by atoms with Crippen LogP contribution in [0.25, 0.3) is 0 Å². The van der Waals surface area contributed by atoms with Crippen molar-refractivity contribution in [3.8, 4) is 11.5 Å².